The van der Waals surface area contributed by atoms with Crippen molar-refractivity contribution in [1.82, 2.24) is 5.43 Å². The molecule has 1 heterocycles. The average molecular weight is 284 g/mol. The largest absolute Gasteiger partial charge is 0.271 e. The second-order valence-electron chi connectivity index (χ2n) is 5.07. The van der Waals surface area contributed by atoms with E-state index in [4.69, 9.17) is 5.84 Å². The van der Waals surface area contributed by atoms with Gasteiger partial charge in [-0.2, -0.15) is 11.8 Å². The SMILES string of the molecule is NNC(CCc1cccs1)CSC1CCCCC1. The van der Waals surface area contributed by atoms with Crippen molar-refractivity contribution in [3.8, 4) is 0 Å². The molecule has 1 aliphatic rings. The summed E-state index contributed by atoms with van der Waals surface area (Å²) in [7, 11) is 0. The van der Waals surface area contributed by atoms with Gasteiger partial charge in [0, 0.05) is 21.9 Å². The zero-order valence-electron chi connectivity index (χ0n) is 10.9. The smallest absolute Gasteiger partial charge is 0.0304 e. The highest BCUT2D eigenvalue weighted by molar-refractivity contribution is 7.99. The number of aryl methyl sites for hydroxylation is 1. The molecule has 1 atom stereocenters. The fourth-order valence-corrected chi connectivity index (χ4v) is 4.63. The first kappa shape index (κ1) is 14.4. The van der Waals surface area contributed by atoms with Gasteiger partial charge >= 0.3 is 0 Å². The molecule has 1 fully saturated rings. The Morgan fingerprint density at radius 3 is 2.89 bits per heavy atom. The average Bonchev–Trinajstić information content (AvgIpc) is 2.93. The number of thioether (sulfide) groups is 1. The molecule has 0 saturated heterocycles. The Labute approximate surface area is 119 Å². The molecule has 18 heavy (non-hydrogen) atoms. The monoisotopic (exact) mass is 284 g/mol. The van der Waals surface area contributed by atoms with E-state index < -0.39 is 0 Å². The van der Waals surface area contributed by atoms with Crippen LogP contribution in [0, 0.1) is 0 Å². The molecule has 0 bridgehead atoms. The molecule has 1 unspecified atom stereocenters. The quantitative estimate of drug-likeness (QED) is 0.594. The minimum atomic E-state index is 0.457. The van der Waals surface area contributed by atoms with E-state index in [0.717, 1.165) is 23.8 Å². The predicted octanol–water partition coefficient (Wildman–Crippen LogP) is 3.58. The number of hydrogen-bond acceptors (Lipinski definition) is 4. The van der Waals surface area contributed by atoms with Crippen LogP contribution in [-0.4, -0.2) is 17.0 Å². The second-order valence-corrected chi connectivity index (χ2v) is 7.44. The van der Waals surface area contributed by atoms with Crippen molar-refractivity contribution in [3.05, 3.63) is 22.4 Å². The van der Waals surface area contributed by atoms with E-state index in [1.165, 1.54) is 37.0 Å². The van der Waals surface area contributed by atoms with Crippen molar-refractivity contribution in [2.75, 3.05) is 5.75 Å². The number of nitrogens with one attached hydrogen (secondary N) is 1. The third kappa shape index (κ3) is 4.92. The van der Waals surface area contributed by atoms with Crippen LogP contribution in [0.25, 0.3) is 0 Å². The first-order valence-corrected chi connectivity index (χ1v) is 8.91. The molecule has 2 rings (SSSR count). The Hall–Kier alpha value is -0.0300. The van der Waals surface area contributed by atoms with Gasteiger partial charge in [0.25, 0.3) is 0 Å². The maximum Gasteiger partial charge on any atom is 0.0304 e. The molecule has 1 saturated carbocycles. The predicted molar refractivity (Wildman–Crippen MR) is 83.1 cm³/mol. The number of nitrogens with two attached hydrogens (primary N) is 1. The summed E-state index contributed by atoms with van der Waals surface area (Å²) in [5.74, 6) is 6.83. The molecule has 1 aromatic heterocycles. The lowest BCUT2D eigenvalue weighted by molar-refractivity contribution is 0.510. The van der Waals surface area contributed by atoms with Gasteiger partial charge in [-0.1, -0.05) is 25.3 Å². The van der Waals surface area contributed by atoms with Gasteiger partial charge in [0.2, 0.25) is 0 Å². The van der Waals surface area contributed by atoms with Crippen LogP contribution in [0.15, 0.2) is 17.5 Å². The Kier molecular flexibility index (Phi) is 6.55. The van der Waals surface area contributed by atoms with Crippen LogP contribution < -0.4 is 11.3 Å². The van der Waals surface area contributed by atoms with Gasteiger partial charge in [-0.05, 0) is 37.1 Å². The van der Waals surface area contributed by atoms with E-state index in [1.807, 2.05) is 11.3 Å². The summed E-state index contributed by atoms with van der Waals surface area (Å²) in [5.41, 5.74) is 2.99. The van der Waals surface area contributed by atoms with Crippen molar-refractivity contribution < 1.29 is 0 Å². The van der Waals surface area contributed by atoms with Crippen LogP contribution in [0.5, 0.6) is 0 Å². The van der Waals surface area contributed by atoms with Crippen LogP contribution in [-0.2, 0) is 6.42 Å². The first-order chi connectivity index (χ1) is 8.88. The van der Waals surface area contributed by atoms with E-state index in [2.05, 4.69) is 34.7 Å². The lowest BCUT2D eigenvalue weighted by atomic mass is 10.0. The molecule has 1 aromatic rings. The molecule has 2 nitrogen and oxygen atoms in total. The van der Waals surface area contributed by atoms with Crippen LogP contribution in [0.2, 0.25) is 0 Å². The standard InChI is InChI=1S/C14H24N2S2/c15-16-12(8-9-14-7-4-10-17-14)11-18-13-5-2-1-3-6-13/h4,7,10,12-13,16H,1-3,5-6,8-9,11,15H2. The first-order valence-electron chi connectivity index (χ1n) is 6.98. The molecule has 0 aromatic carbocycles. The Balaban J connectivity index is 1.65. The van der Waals surface area contributed by atoms with Crippen molar-refractivity contribution >= 4 is 23.1 Å². The third-order valence-corrected chi connectivity index (χ3v) is 6.11. The molecule has 3 N–H and O–H groups in total. The molecular formula is C14H24N2S2. The van der Waals surface area contributed by atoms with Crippen LogP contribution in [0.4, 0.5) is 0 Å². The van der Waals surface area contributed by atoms with E-state index in [9.17, 15) is 0 Å². The van der Waals surface area contributed by atoms with E-state index in [-0.39, 0.29) is 0 Å². The summed E-state index contributed by atoms with van der Waals surface area (Å²) >= 11 is 3.97. The van der Waals surface area contributed by atoms with Crippen LogP contribution >= 0.6 is 23.1 Å². The van der Waals surface area contributed by atoms with Crippen molar-refractivity contribution in [1.29, 1.82) is 0 Å². The zero-order chi connectivity index (χ0) is 12.6. The Morgan fingerprint density at radius 1 is 1.39 bits per heavy atom. The van der Waals surface area contributed by atoms with Gasteiger partial charge in [0.15, 0.2) is 0 Å². The highest BCUT2D eigenvalue weighted by atomic mass is 32.2. The van der Waals surface area contributed by atoms with E-state index in [0.29, 0.717) is 6.04 Å². The molecule has 0 radical (unpaired) electrons. The van der Waals surface area contributed by atoms with E-state index in [1.54, 1.807) is 0 Å². The Bertz CT molecular complexity index is 308. The summed E-state index contributed by atoms with van der Waals surface area (Å²) in [6.45, 7) is 0. The molecule has 102 valence electrons. The number of hydrogen-bond donors (Lipinski definition) is 2. The van der Waals surface area contributed by atoms with Crippen LogP contribution in [0.1, 0.15) is 43.4 Å². The van der Waals surface area contributed by atoms with Gasteiger partial charge in [-0.3, -0.25) is 11.3 Å². The minimum absolute atomic E-state index is 0.457. The summed E-state index contributed by atoms with van der Waals surface area (Å²) < 4.78 is 0. The van der Waals surface area contributed by atoms with Crippen LogP contribution in [0.3, 0.4) is 0 Å². The highest BCUT2D eigenvalue weighted by Crippen LogP contribution is 2.29. The lowest BCUT2D eigenvalue weighted by Crippen LogP contribution is -2.37. The van der Waals surface area contributed by atoms with Gasteiger partial charge < -0.3 is 0 Å². The summed E-state index contributed by atoms with van der Waals surface area (Å²) in [6, 6.07) is 4.80. The number of rotatable bonds is 7. The van der Waals surface area contributed by atoms with Gasteiger partial charge in [-0.15, -0.1) is 11.3 Å². The van der Waals surface area contributed by atoms with E-state index >= 15 is 0 Å². The highest BCUT2D eigenvalue weighted by Gasteiger charge is 2.16. The molecule has 0 spiro atoms. The minimum Gasteiger partial charge on any atom is -0.271 e. The molecular weight excluding hydrogens is 260 g/mol. The van der Waals surface area contributed by atoms with Gasteiger partial charge in [-0.25, -0.2) is 0 Å². The zero-order valence-corrected chi connectivity index (χ0v) is 12.6. The maximum absolute atomic E-state index is 5.67. The summed E-state index contributed by atoms with van der Waals surface area (Å²) in [6.07, 6.45) is 9.41. The Morgan fingerprint density at radius 2 is 2.22 bits per heavy atom. The normalized spacial score (nSPS) is 18.9. The number of thiophene rings is 1. The summed E-state index contributed by atoms with van der Waals surface area (Å²) in [4.78, 5) is 1.47. The van der Waals surface area contributed by atoms with Gasteiger partial charge in [0.05, 0.1) is 0 Å². The molecule has 0 aliphatic heterocycles. The molecule has 1 aliphatic carbocycles. The maximum atomic E-state index is 5.67. The van der Waals surface area contributed by atoms with Gasteiger partial charge in [0.1, 0.15) is 0 Å². The third-order valence-electron chi connectivity index (χ3n) is 3.64. The summed E-state index contributed by atoms with van der Waals surface area (Å²) in [5, 5.41) is 3.04. The lowest BCUT2D eigenvalue weighted by Gasteiger charge is -2.23. The van der Waals surface area contributed by atoms with Crippen molar-refractivity contribution in [2.45, 2.75) is 56.2 Å². The fourth-order valence-electron chi connectivity index (χ4n) is 2.47. The molecule has 4 heteroatoms. The molecule has 0 amide bonds. The van der Waals surface area contributed by atoms with Crippen molar-refractivity contribution in [3.63, 3.8) is 0 Å². The number of hydrazine groups is 1. The fraction of sp³-hybridized carbons (Fsp3) is 0.714. The topological polar surface area (TPSA) is 38.0 Å². The van der Waals surface area contributed by atoms with Crippen molar-refractivity contribution in [2.24, 2.45) is 5.84 Å². The second kappa shape index (κ2) is 8.20.